The minimum Gasteiger partial charge on any atom is -0.490 e. The minimum absolute atomic E-state index is 0.720. The smallest absolute Gasteiger partial charge is 0.175 e. The zero-order valence-corrected chi connectivity index (χ0v) is 11.5. The molecule has 0 fully saturated rings. The van der Waals surface area contributed by atoms with Crippen LogP contribution in [0.2, 0.25) is 0 Å². The fraction of sp³-hybridized carbons (Fsp3) is 0.538. The van der Waals surface area contributed by atoms with Crippen LogP contribution in [0.25, 0.3) is 0 Å². The van der Waals surface area contributed by atoms with Gasteiger partial charge in [-0.25, -0.2) is 0 Å². The standard InChI is InChI=1S/C13H18BrNO2/c14-11-8-10(4-1-2-5-15)9-12-13(11)17-7-3-6-16-12/h8-9H,1-7,15H2. The van der Waals surface area contributed by atoms with Crippen molar-refractivity contribution in [2.45, 2.75) is 25.7 Å². The molecule has 0 amide bonds. The van der Waals surface area contributed by atoms with Gasteiger partial charge >= 0.3 is 0 Å². The van der Waals surface area contributed by atoms with Crippen molar-refractivity contribution in [2.75, 3.05) is 19.8 Å². The summed E-state index contributed by atoms with van der Waals surface area (Å²) < 4.78 is 12.4. The van der Waals surface area contributed by atoms with Crippen LogP contribution < -0.4 is 15.2 Å². The van der Waals surface area contributed by atoms with E-state index < -0.39 is 0 Å². The van der Waals surface area contributed by atoms with E-state index in [-0.39, 0.29) is 0 Å². The molecule has 0 spiro atoms. The van der Waals surface area contributed by atoms with Crippen LogP contribution in [0.5, 0.6) is 11.5 Å². The molecule has 0 unspecified atom stereocenters. The molecule has 0 saturated carbocycles. The average molecular weight is 300 g/mol. The van der Waals surface area contributed by atoms with Gasteiger partial charge < -0.3 is 15.2 Å². The second-order valence-electron chi connectivity index (χ2n) is 4.20. The molecule has 4 heteroatoms. The monoisotopic (exact) mass is 299 g/mol. The highest BCUT2D eigenvalue weighted by molar-refractivity contribution is 9.10. The van der Waals surface area contributed by atoms with Gasteiger partial charge in [0, 0.05) is 6.42 Å². The highest BCUT2D eigenvalue weighted by atomic mass is 79.9. The first-order valence-electron chi connectivity index (χ1n) is 6.09. The molecule has 0 bridgehead atoms. The van der Waals surface area contributed by atoms with Crippen molar-refractivity contribution in [3.63, 3.8) is 0 Å². The van der Waals surface area contributed by atoms with Crippen LogP contribution in [0.15, 0.2) is 16.6 Å². The molecule has 0 radical (unpaired) electrons. The van der Waals surface area contributed by atoms with Crippen molar-refractivity contribution >= 4 is 15.9 Å². The summed E-state index contributed by atoms with van der Waals surface area (Å²) in [6.45, 7) is 2.20. The lowest BCUT2D eigenvalue weighted by Crippen LogP contribution is -1.99. The highest BCUT2D eigenvalue weighted by Gasteiger charge is 2.14. The van der Waals surface area contributed by atoms with Crippen LogP contribution in [-0.2, 0) is 6.42 Å². The predicted molar refractivity (Wildman–Crippen MR) is 71.7 cm³/mol. The summed E-state index contributed by atoms with van der Waals surface area (Å²) in [5, 5.41) is 0. The number of halogens is 1. The summed E-state index contributed by atoms with van der Waals surface area (Å²) in [7, 11) is 0. The number of benzene rings is 1. The number of ether oxygens (including phenoxy) is 2. The minimum atomic E-state index is 0.720. The fourth-order valence-corrected chi connectivity index (χ4v) is 2.51. The van der Waals surface area contributed by atoms with Crippen molar-refractivity contribution in [2.24, 2.45) is 5.73 Å². The lowest BCUT2D eigenvalue weighted by Gasteiger charge is -2.11. The van der Waals surface area contributed by atoms with E-state index >= 15 is 0 Å². The third kappa shape index (κ3) is 3.36. The van der Waals surface area contributed by atoms with Crippen LogP contribution in [-0.4, -0.2) is 19.8 Å². The molecule has 0 atom stereocenters. The molecule has 0 aromatic heterocycles. The van der Waals surface area contributed by atoms with Crippen LogP contribution in [0.1, 0.15) is 24.8 Å². The summed E-state index contributed by atoms with van der Waals surface area (Å²) in [4.78, 5) is 0. The quantitative estimate of drug-likeness (QED) is 0.870. The first-order valence-corrected chi connectivity index (χ1v) is 6.88. The van der Waals surface area contributed by atoms with Gasteiger partial charge in [0.05, 0.1) is 17.7 Å². The second-order valence-corrected chi connectivity index (χ2v) is 5.06. The van der Waals surface area contributed by atoms with Gasteiger partial charge in [-0.2, -0.15) is 0 Å². The topological polar surface area (TPSA) is 44.5 Å². The maximum Gasteiger partial charge on any atom is 0.175 e. The Morgan fingerprint density at radius 3 is 2.82 bits per heavy atom. The molecule has 1 heterocycles. The van der Waals surface area contributed by atoms with E-state index in [2.05, 4.69) is 28.1 Å². The number of unbranched alkanes of at least 4 members (excludes halogenated alkanes) is 1. The van der Waals surface area contributed by atoms with Crippen LogP contribution in [0.4, 0.5) is 0 Å². The number of hydrogen-bond acceptors (Lipinski definition) is 3. The largest absolute Gasteiger partial charge is 0.490 e. The van der Waals surface area contributed by atoms with E-state index in [1.807, 2.05) is 0 Å². The van der Waals surface area contributed by atoms with E-state index in [1.54, 1.807) is 0 Å². The Morgan fingerprint density at radius 1 is 1.18 bits per heavy atom. The van der Waals surface area contributed by atoms with Gasteiger partial charge in [0.25, 0.3) is 0 Å². The molecule has 0 aliphatic carbocycles. The Balaban J connectivity index is 2.14. The van der Waals surface area contributed by atoms with Crippen LogP contribution in [0.3, 0.4) is 0 Å². The molecule has 0 saturated heterocycles. The first-order chi connectivity index (χ1) is 8.31. The zero-order chi connectivity index (χ0) is 12.1. The number of rotatable bonds is 4. The number of aryl methyl sites for hydroxylation is 1. The Morgan fingerprint density at radius 2 is 2.00 bits per heavy atom. The molecule has 1 aliphatic rings. The molecule has 2 rings (SSSR count). The van der Waals surface area contributed by atoms with Gasteiger partial charge in [-0.3, -0.25) is 0 Å². The Labute approximate surface area is 110 Å². The maximum atomic E-state index is 5.70. The Hall–Kier alpha value is -0.740. The summed E-state index contributed by atoms with van der Waals surface area (Å²) >= 11 is 3.55. The number of fused-ring (bicyclic) bond motifs is 1. The number of hydrogen-bond donors (Lipinski definition) is 1. The third-order valence-corrected chi connectivity index (χ3v) is 3.37. The normalized spacial score (nSPS) is 14.5. The summed E-state index contributed by atoms with van der Waals surface area (Å²) in [5.41, 5.74) is 6.77. The number of nitrogens with two attached hydrogens (primary N) is 1. The molecule has 1 aromatic rings. The van der Waals surface area contributed by atoms with Crippen molar-refractivity contribution in [3.8, 4) is 11.5 Å². The highest BCUT2D eigenvalue weighted by Crippen LogP contribution is 2.38. The second kappa shape index (κ2) is 6.26. The summed E-state index contributed by atoms with van der Waals surface area (Å²) in [5.74, 6) is 1.70. The van der Waals surface area contributed by atoms with Gasteiger partial charge in [0.15, 0.2) is 11.5 Å². The van der Waals surface area contributed by atoms with Crippen molar-refractivity contribution < 1.29 is 9.47 Å². The summed E-state index contributed by atoms with van der Waals surface area (Å²) in [6, 6.07) is 4.20. The summed E-state index contributed by atoms with van der Waals surface area (Å²) in [6.07, 6.45) is 4.14. The van der Waals surface area contributed by atoms with E-state index in [1.165, 1.54) is 5.56 Å². The molecule has 2 N–H and O–H groups in total. The van der Waals surface area contributed by atoms with Crippen LogP contribution in [0, 0.1) is 0 Å². The van der Waals surface area contributed by atoms with E-state index in [0.717, 1.165) is 61.4 Å². The average Bonchev–Trinajstić information content (AvgIpc) is 2.55. The molecular weight excluding hydrogens is 282 g/mol. The van der Waals surface area contributed by atoms with Gasteiger partial charge in [-0.05, 0) is 59.4 Å². The van der Waals surface area contributed by atoms with E-state index in [9.17, 15) is 0 Å². The molecule has 1 aliphatic heterocycles. The van der Waals surface area contributed by atoms with Crippen LogP contribution >= 0.6 is 15.9 Å². The molecule has 1 aromatic carbocycles. The zero-order valence-electron chi connectivity index (χ0n) is 9.88. The lowest BCUT2D eigenvalue weighted by atomic mass is 10.1. The van der Waals surface area contributed by atoms with E-state index in [4.69, 9.17) is 15.2 Å². The molecule has 94 valence electrons. The molecule has 3 nitrogen and oxygen atoms in total. The Bertz CT molecular complexity index is 382. The van der Waals surface area contributed by atoms with Crippen molar-refractivity contribution in [1.29, 1.82) is 0 Å². The predicted octanol–water partition coefficient (Wildman–Crippen LogP) is 2.89. The molecule has 17 heavy (non-hydrogen) atoms. The lowest BCUT2D eigenvalue weighted by molar-refractivity contribution is 0.296. The molecular formula is C13H18BrNO2. The van der Waals surface area contributed by atoms with Crippen molar-refractivity contribution in [1.82, 2.24) is 0 Å². The first kappa shape index (κ1) is 12.7. The van der Waals surface area contributed by atoms with Gasteiger partial charge in [-0.1, -0.05) is 0 Å². The maximum absolute atomic E-state index is 5.70. The van der Waals surface area contributed by atoms with Crippen molar-refractivity contribution in [3.05, 3.63) is 22.2 Å². The SMILES string of the molecule is NCCCCc1cc(Br)c2c(c1)OCCCO2. The fourth-order valence-electron chi connectivity index (χ4n) is 1.90. The van der Waals surface area contributed by atoms with Gasteiger partial charge in [-0.15, -0.1) is 0 Å². The third-order valence-electron chi connectivity index (χ3n) is 2.78. The van der Waals surface area contributed by atoms with Gasteiger partial charge in [0.1, 0.15) is 0 Å². The van der Waals surface area contributed by atoms with E-state index in [0.29, 0.717) is 0 Å². The Kier molecular flexibility index (Phi) is 4.68. The van der Waals surface area contributed by atoms with Gasteiger partial charge in [0.2, 0.25) is 0 Å².